The second-order valence-corrected chi connectivity index (χ2v) is 5.77. The van der Waals surface area contributed by atoms with Gasteiger partial charge in [0.25, 0.3) is 0 Å². The highest BCUT2D eigenvalue weighted by Gasteiger charge is 2.26. The molecule has 0 unspecified atom stereocenters. The van der Waals surface area contributed by atoms with Crippen molar-refractivity contribution in [1.29, 1.82) is 0 Å². The van der Waals surface area contributed by atoms with Gasteiger partial charge in [-0.15, -0.1) is 0 Å². The number of nitrogens with zero attached hydrogens (tertiary/aromatic N) is 1. The summed E-state index contributed by atoms with van der Waals surface area (Å²) in [5, 5.41) is 0. The van der Waals surface area contributed by atoms with Gasteiger partial charge < -0.3 is 4.74 Å². The van der Waals surface area contributed by atoms with Gasteiger partial charge >= 0.3 is 0 Å². The number of aryl methyl sites for hydroxylation is 1. The van der Waals surface area contributed by atoms with Gasteiger partial charge in [-0.05, 0) is 19.8 Å². The molecule has 16 heavy (non-hydrogen) atoms. The lowest BCUT2D eigenvalue weighted by Gasteiger charge is -2.13. The number of hydrogen-bond donors (Lipinski definition) is 1. The molecule has 2 rings (SSSR count). The lowest BCUT2D eigenvalue weighted by molar-refractivity contribution is 0.302. The molecule has 1 aromatic heterocycles. The van der Waals surface area contributed by atoms with E-state index in [0.717, 1.165) is 24.7 Å². The quantitative estimate of drug-likeness (QED) is 0.864. The summed E-state index contributed by atoms with van der Waals surface area (Å²) < 4.78 is 30.4. The third kappa shape index (κ3) is 2.85. The third-order valence-corrected chi connectivity index (χ3v) is 2.77. The van der Waals surface area contributed by atoms with E-state index in [1.165, 1.54) is 6.20 Å². The Hall–Kier alpha value is -1.30. The van der Waals surface area contributed by atoms with Crippen molar-refractivity contribution in [2.24, 2.45) is 0 Å². The Morgan fingerprint density at radius 3 is 2.69 bits per heavy atom. The van der Waals surface area contributed by atoms with E-state index >= 15 is 0 Å². The molecule has 0 spiro atoms. The van der Waals surface area contributed by atoms with Gasteiger partial charge in [0.1, 0.15) is 11.4 Å². The average Bonchev–Trinajstić information content (AvgIpc) is 2.92. The Kier molecular flexibility index (Phi) is 2.75. The van der Waals surface area contributed by atoms with Crippen LogP contribution >= 0.6 is 0 Å². The van der Waals surface area contributed by atoms with Crippen LogP contribution in [0.5, 0.6) is 5.75 Å². The number of nitrogens with one attached hydrogen (secondary N) is 1. The molecule has 5 nitrogen and oxygen atoms in total. The van der Waals surface area contributed by atoms with Gasteiger partial charge in [-0.25, -0.2) is 8.42 Å². The highest BCUT2D eigenvalue weighted by molar-refractivity contribution is 7.92. The van der Waals surface area contributed by atoms with E-state index in [9.17, 15) is 8.42 Å². The molecule has 0 bridgehead atoms. The molecule has 1 N–H and O–H groups in total. The minimum absolute atomic E-state index is 0.223. The van der Waals surface area contributed by atoms with Crippen molar-refractivity contribution in [2.75, 3.05) is 11.0 Å². The molecular formula is C10H14N2O3S. The predicted molar refractivity (Wildman–Crippen MR) is 61.1 cm³/mol. The van der Waals surface area contributed by atoms with Gasteiger partial charge in [-0.3, -0.25) is 9.71 Å². The first-order chi connectivity index (χ1) is 7.46. The molecule has 1 aliphatic rings. The fourth-order valence-electron chi connectivity index (χ4n) is 1.33. The molecule has 1 heterocycles. The van der Waals surface area contributed by atoms with E-state index in [1.54, 1.807) is 6.20 Å². The van der Waals surface area contributed by atoms with Crippen LogP contribution in [0, 0.1) is 6.92 Å². The Morgan fingerprint density at radius 1 is 1.44 bits per heavy atom. The zero-order valence-electron chi connectivity index (χ0n) is 9.23. The Balaban J connectivity index is 2.31. The van der Waals surface area contributed by atoms with Crippen LogP contribution in [0.25, 0.3) is 0 Å². The first-order valence-electron chi connectivity index (χ1n) is 5.05. The maximum absolute atomic E-state index is 11.2. The van der Waals surface area contributed by atoms with Crippen LogP contribution in [0.3, 0.4) is 0 Å². The molecule has 0 aliphatic heterocycles. The van der Waals surface area contributed by atoms with Crippen molar-refractivity contribution in [3.05, 3.63) is 18.0 Å². The van der Waals surface area contributed by atoms with Crippen molar-refractivity contribution < 1.29 is 13.2 Å². The van der Waals surface area contributed by atoms with Crippen molar-refractivity contribution >= 4 is 15.7 Å². The fourth-order valence-corrected chi connectivity index (χ4v) is 1.88. The maximum Gasteiger partial charge on any atom is 0.229 e. The smallest absolute Gasteiger partial charge is 0.229 e. The summed E-state index contributed by atoms with van der Waals surface area (Å²) in [5.74, 6) is 0.586. The van der Waals surface area contributed by atoms with Crippen LogP contribution < -0.4 is 9.46 Å². The molecule has 0 radical (unpaired) electrons. The summed E-state index contributed by atoms with van der Waals surface area (Å²) in [6.45, 7) is 1.85. The van der Waals surface area contributed by atoms with Gasteiger partial charge in [0.15, 0.2) is 0 Å². The van der Waals surface area contributed by atoms with Crippen LogP contribution in [0.15, 0.2) is 12.4 Å². The lowest BCUT2D eigenvalue weighted by Crippen LogP contribution is -2.12. The molecule has 0 aromatic carbocycles. The van der Waals surface area contributed by atoms with Crippen molar-refractivity contribution in [2.45, 2.75) is 25.9 Å². The monoisotopic (exact) mass is 242 g/mol. The van der Waals surface area contributed by atoms with Crippen molar-refractivity contribution in [1.82, 2.24) is 4.98 Å². The van der Waals surface area contributed by atoms with E-state index in [0.29, 0.717) is 11.4 Å². The number of anilines is 1. The molecule has 0 saturated heterocycles. The summed E-state index contributed by atoms with van der Waals surface area (Å²) >= 11 is 0. The van der Waals surface area contributed by atoms with E-state index < -0.39 is 10.0 Å². The molecule has 6 heteroatoms. The number of hydrogen-bond acceptors (Lipinski definition) is 4. The van der Waals surface area contributed by atoms with Gasteiger partial charge in [0.2, 0.25) is 10.0 Å². The Labute approximate surface area is 94.9 Å². The maximum atomic E-state index is 11.2. The van der Waals surface area contributed by atoms with E-state index in [4.69, 9.17) is 4.74 Å². The minimum Gasteiger partial charge on any atom is -0.488 e. The molecule has 1 saturated carbocycles. The molecule has 1 fully saturated rings. The van der Waals surface area contributed by atoms with Crippen LogP contribution in [-0.4, -0.2) is 25.8 Å². The number of rotatable bonds is 4. The predicted octanol–water partition coefficient (Wildman–Crippen LogP) is 1.30. The second-order valence-electron chi connectivity index (χ2n) is 4.02. The lowest BCUT2D eigenvalue weighted by atomic mass is 10.2. The number of sulfonamides is 1. The van der Waals surface area contributed by atoms with Gasteiger partial charge in [0, 0.05) is 11.8 Å². The zero-order valence-corrected chi connectivity index (χ0v) is 10.0. The SMILES string of the molecule is Cc1cncc(NS(C)(=O)=O)c1OC1CC1. The third-order valence-electron chi connectivity index (χ3n) is 2.18. The Morgan fingerprint density at radius 2 is 2.12 bits per heavy atom. The Bertz CT molecular complexity index is 495. The van der Waals surface area contributed by atoms with Crippen LogP contribution in [0.4, 0.5) is 5.69 Å². The topological polar surface area (TPSA) is 68.3 Å². The number of aromatic nitrogens is 1. The summed E-state index contributed by atoms with van der Waals surface area (Å²) in [5.41, 5.74) is 1.25. The highest BCUT2D eigenvalue weighted by atomic mass is 32.2. The summed E-state index contributed by atoms with van der Waals surface area (Å²) in [6, 6.07) is 0. The summed E-state index contributed by atoms with van der Waals surface area (Å²) in [6.07, 6.45) is 6.51. The number of pyridine rings is 1. The highest BCUT2D eigenvalue weighted by Crippen LogP contribution is 2.34. The molecule has 88 valence electrons. The average molecular weight is 242 g/mol. The van der Waals surface area contributed by atoms with Gasteiger partial charge in [-0.2, -0.15) is 0 Å². The van der Waals surface area contributed by atoms with E-state index in [-0.39, 0.29) is 6.10 Å². The van der Waals surface area contributed by atoms with E-state index in [1.807, 2.05) is 6.92 Å². The standard InChI is InChI=1S/C10H14N2O3S/c1-7-5-11-6-9(12-16(2,13)14)10(7)15-8-3-4-8/h5-6,8,12H,3-4H2,1-2H3. The minimum atomic E-state index is -3.30. The normalized spacial score (nSPS) is 15.9. The summed E-state index contributed by atoms with van der Waals surface area (Å²) in [4.78, 5) is 3.95. The largest absolute Gasteiger partial charge is 0.488 e. The fraction of sp³-hybridized carbons (Fsp3) is 0.500. The number of ether oxygens (including phenoxy) is 1. The van der Waals surface area contributed by atoms with Gasteiger partial charge in [-0.1, -0.05) is 0 Å². The molecule has 0 amide bonds. The van der Waals surface area contributed by atoms with Crippen LogP contribution in [0.2, 0.25) is 0 Å². The van der Waals surface area contributed by atoms with E-state index in [2.05, 4.69) is 9.71 Å². The van der Waals surface area contributed by atoms with Crippen LogP contribution in [-0.2, 0) is 10.0 Å². The zero-order chi connectivity index (χ0) is 11.8. The summed E-state index contributed by atoms with van der Waals surface area (Å²) in [7, 11) is -3.30. The van der Waals surface area contributed by atoms with Crippen molar-refractivity contribution in [3.63, 3.8) is 0 Å². The molecule has 1 aromatic rings. The molecule has 0 atom stereocenters. The van der Waals surface area contributed by atoms with Crippen LogP contribution in [0.1, 0.15) is 18.4 Å². The first-order valence-corrected chi connectivity index (χ1v) is 6.94. The molecule has 1 aliphatic carbocycles. The van der Waals surface area contributed by atoms with Crippen molar-refractivity contribution in [3.8, 4) is 5.75 Å². The first kappa shape index (κ1) is 11.2. The van der Waals surface area contributed by atoms with Gasteiger partial charge in [0.05, 0.1) is 18.6 Å². The molecular weight excluding hydrogens is 228 g/mol. The second kappa shape index (κ2) is 3.93.